The molecule has 130 valence electrons. The molecular weight excluding hydrogens is 314 g/mol. The van der Waals surface area contributed by atoms with E-state index in [4.69, 9.17) is 9.72 Å². The quantitative estimate of drug-likeness (QED) is 0.660. The molecule has 2 aromatic heterocycles. The minimum Gasteiger partial charge on any atom is -0.494 e. The van der Waals surface area contributed by atoms with Gasteiger partial charge >= 0.3 is 0 Å². The van der Waals surface area contributed by atoms with Gasteiger partial charge in [0, 0.05) is 18.3 Å². The van der Waals surface area contributed by atoms with Gasteiger partial charge in [0.1, 0.15) is 11.6 Å². The molecule has 4 rings (SSSR count). The van der Waals surface area contributed by atoms with E-state index in [9.17, 15) is 0 Å². The topological polar surface area (TPSA) is 63.5 Å². The molecule has 0 saturated carbocycles. The first-order chi connectivity index (χ1) is 12.4. The third kappa shape index (κ3) is 3.74. The van der Waals surface area contributed by atoms with Gasteiger partial charge in [-0.25, -0.2) is 9.50 Å². The molecule has 2 N–H and O–H groups in total. The smallest absolute Gasteiger partial charge is 0.165 e. The number of nitrogens with one attached hydrogen (secondary N) is 2. The minimum absolute atomic E-state index is 0.717. The molecule has 6 nitrogen and oxygen atoms in total. The highest BCUT2D eigenvalue weighted by atomic mass is 16.5. The van der Waals surface area contributed by atoms with Crippen LogP contribution in [0.1, 0.15) is 19.3 Å². The summed E-state index contributed by atoms with van der Waals surface area (Å²) in [6.45, 7) is 3.66. The molecule has 3 heterocycles. The summed E-state index contributed by atoms with van der Waals surface area (Å²) < 4.78 is 7.71. The second-order valence-electron chi connectivity index (χ2n) is 6.25. The zero-order valence-electron chi connectivity index (χ0n) is 14.2. The molecule has 0 amide bonds. The Hall–Kier alpha value is -2.60. The molecule has 0 saturated heterocycles. The summed E-state index contributed by atoms with van der Waals surface area (Å²) >= 11 is 0. The lowest BCUT2D eigenvalue weighted by Crippen LogP contribution is -2.19. The summed E-state index contributed by atoms with van der Waals surface area (Å²) in [6.07, 6.45) is 7.08. The van der Waals surface area contributed by atoms with Crippen LogP contribution in [0.5, 0.6) is 5.75 Å². The Morgan fingerprint density at radius 2 is 1.96 bits per heavy atom. The van der Waals surface area contributed by atoms with Gasteiger partial charge in [0.05, 0.1) is 12.8 Å². The van der Waals surface area contributed by atoms with Crippen LogP contribution >= 0.6 is 0 Å². The number of nitrogens with zero attached hydrogens (tertiary/aromatic N) is 3. The van der Waals surface area contributed by atoms with Crippen molar-refractivity contribution >= 4 is 11.5 Å². The maximum absolute atomic E-state index is 5.90. The zero-order chi connectivity index (χ0) is 16.9. The molecule has 4 bridgehead atoms. The fraction of sp³-hybridized carbons (Fsp3) is 0.368. The van der Waals surface area contributed by atoms with E-state index in [1.165, 1.54) is 0 Å². The first kappa shape index (κ1) is 15.9. The van der Waals surface area contributed by atoms with E-state index in [0.29, 0.717) is 0 Å². The molecule has 3 aromatic rings. The Labute approximate surface area is 147 Å². The van der Waals surface area contributed by atoms with Gasteiger partial charge in [0.15, 0.2) is 5.65 Å². The van der Waals surface area contributed by atoms with Gasteiger partial charge in [-0.3, -0.25) is 0 Å². The van der Waals surface area contributed by atoms with E-state index in [0.717, 1.165) is 73.8 Å². The standard InChI is InChI=1S/C19H23N5O/c1-2-10-21-18-7-11-24-19(23-18)17(14-22-24)15-5-3-6-16(13-15)25-12-4-9-20-8-1/h3,5-7,11,13-14,20H,1-2,4,8-10,12H2,(H,21,23). The molecule has 1 aliphatic heterocycles. The average molecular weight is 337 g/mol. The Bertz CT molecular complexity index is 845. The lowest BCUT2D eigenvalue weighted by Gasteiger charge is -2.08. The maximum Gasteiger partial charge on any atom is 0.165 e. The van der Waals surface area contributed by atoms with Crippen LogP contribution in [0.15, 0.2) is 42.7 Å². The number of ether oxygens (including phenoxy) is 1. The van der Waals surface area contributed by atoms with Gasteiger partial charge in [0.2, 0.25) is 0 Å². The van der Waals surface area contributed by atoms with Crippen molar-refractivity contribution in [1.29, 1.82) is 0 Å². The van der Waals surface area contributed by atoms with Gasteiger partial charge in [-0.1, -0.05) is 12.1 Å². The molecule has 0 spiro atoms. The molecule has 0 unspecified atom stereocenters. The molecule has 0 aliphatic carbocycles. The van der Waals surface area contributed by atoms with Gasteiger partial charge in [0.25, 0.3) is 0 Å². The van der Waals surface area contributed by atoms with Crippen molar-refractivity contribution in [3.8, 4) is 16.9 Å². The summed E-state index contributed by atoms with van der Waals surface area (Å²) in [7, 11) is 0. The van der Waals surface area contributed by atoms with Crippen molar-refractivity contribution in [3.63, 3.8) is 0 Å². The van der Waals surface area contributed by atoms with Crippen molar-refractivity contribution in [2.45, 2.75) is 19.3 Å². The first-order valence-electron chi connectivity index (χ1n) is 8.92. The SMILES string of the molecule is c1cc2cc(c1)-c1cnn3ccc(nc13)NCCCCNCCCO2. The Morgan fingerprint density at radius 1 is 1.04 bits per heavy atom. The third-order valence-electron chi connectivity index (χ3n) is 4.37. The van der Waals surface area contributed by atoms with E-state index >= 15 is 0 Å². The molecular formula is C19H23N5O. The summed E-state index contributed by atoms with van der Waals surface area (Å²) in [6, 6.07) is 10.1. The third-order valence-corrected chi connectivity index (χ3v) is 4.37. The summed E-state index contributed by atoms with van der Waals surface area (Å²) in [5, 5.41) is 11.3. The summed E-state index contributed by atoms with van der Waals surface area (Å²) in [4.78, 5) is 4.75. The number of anilines is 1. The predicted molar refractivity (Wildman–Crippen MR) is 99.1 cm³/mol. The monoisotopic (exact) mass is 337 g/mol. The van der Waals surface area contributed by atoms with E-state index in [1.54, 1.807) is 0 Å². The Kier molecular flexibility index (Phi) is 4.79. The van der Waals surface area contributed by atoms with Gasteiger partial charge in [-0.2, -0.15) is 5.10 Å². The molecule has 0 radical (unpaired) electrons. The summed E-state index contributed by atoms with van der Waals surface area (Å²) in [5.74, 6) is 1.77. The van der Waals surface area contributed by atoms with Crippen LogP contribution in [0, 0.1) is 0 Å². The molecule has 25 heavy (non-hydrogen) atoms. The minimum atomic E-state index is 0.717. The highest BCUT2D eigenvalue weighted by Gasteiger charge is 2.10. The van der Waals surface area contributed by atoms with Crippen molar-refractivity contribution in [1.82, 2.24) is 19.9 Å². The highest BCUT2D eigenvalue weighted by molar-refractivity contribution is 5.78. The van der Waals surface area contributed by atoms with Gasteiger partial charge < -0.3 is 15.4 Å². The predicted octanol–water partition coefficient (Wildman–Crippen LogP) is 2.96. The van der Waals surface area contributed by atoms with Crippen molar-refractivity contribution < 1.29 is 4.74 Å². The number of hydrogen-bond acceptors (Lipinski definition) is 5. The fourth-order valence-electron chi connectivity index (χ4n) is 3.03. The van der Waals surface area contributed by atoms with E-state index in [-0.39, 0.29) is 0 Å². The molecule has 1 aliphatic rings. The van der Waals surface area contributed by atoms with Crippen LogP contribution in [-0.2, 0) is 0 Å². The Morgan fingerprint density at radius 3 is 2.96 bits per heavy atom. The zero-order valence-corrected chi connectivity index (χ0v) is 14.2. The van der Waals surface area contributed by atoms with E-state index in [1.807, 2.05) is 35.1 Å². The maximum atomic E-state index is 5.90. The second kappa shape index (κ2) is 7.53. The normalized spacial score (nSPS) is 16.2. The largest absolute Gasteiger partial charge is 0.494 e. The summed E-state index contributed by atoms with van der Waals surface area (Å²) in [5.41, 5.74) is 2.94. The van der Waals surface area contributed by atoms with Crippen LogP contribution in [-0.4, -0.2) is 40.8 Å². The van der Waals surface area contributed by atoms with Gasteiger partial charge in [-0.05, 0) is 56.1 Å². The number of rotatable bonds is 0. The van der Waals surface area contributed by atoms with Crippen LogP contribution in [0.2, 0.25) is 0 Å². The van der Waals surface area contributed by atoms with Crippen molar-refractivity contribution in [2.24, 2.45) is 0 Å². The van der Waals surface area contributed by atoms with E-state index < -0.39 is 0 Å². The van der Waals surface area contributed by atoms with Gasteiger partial charge in [-0.15, -0.1) is 0 Å². The number of benzene rings is 1. The number of hydrogen-bond donors (Lipinski definition) is 2. The van der Waals surface area contributed by atoms with Crippen LogP contribution < -0.4 is 15.4 Å². The van der Waals surface area contributed by atoms with Crippen LogP contribution in [0.3, 0.4) is 0 Å². The van der Waals surface area contributed by atoms with Crippen LogP contribution in [0.4, 0.5) is 5.82 Å². The molecule has 0 atom stereocenters. The lowest BCUT2D eigenvalue weighted by atomic mass is 10.1. The average Bonchev–Trinajstić information content (AvgIpc) is 3.06. The van der Waals surface area contributed by atoms with Crippen molar-refractivity contribution in [3.05, 3.63) is 42.7 Å². The van der Waals surface area contributed by atoms with Crippen molar-refractivity contribution in [2.75, 3.05) is 31.6 Å². The fourth-order valence-corrected chi connectivity index (χ4v) is 3.03. The second-order valence-corrected chi connectivity index (χ2v) is 6.25. The molecule has 0 fully saturated rings. The van der Waals surface area contributed by atoms with E-state index in [2.05, 4.69) is 27.9 Å². The lowest BCUT2D eigenvalue weighted by molar-refractivity contribution is 0.308. The number of aromatic nitrogens is 3. The number of fused-ring (bicyclic) bond motifs is 4. The molecule has 1 aromatic carbocycles. The molecule has 6 heteroatoms. The first-order valence-corrected chi connectivity index (χ1v) is 8.92. The Balaban J connectivity index is 1.68. The highest BCUT2D eigenvalue weighted by Crippen LogP contribution is 2.27. The van der Waals surface area contributed by atoms with Crippen LogP contribution in [0.25, 0.3) is 16.8 Å².